The van der Waals surface area contributed by atoms with Gasteiger partial charge in [0.15, 0.2) is 0 Å². The number of carbonyl (C=O) groups is 2. The third kappa shape index (κ3) is 1.98. The topological polar surface area (TPSA) is 64.8 Å². The second kappa shape index (κ2) is 4.96. The number of imidazole rings is 1. The molecule has 112 valence electrons. The largest absolute Gasteiger partial charge is 0.293 e. The second-order valence-electron chi connectivity index (χ2n) is 5.23. The predicted octanol–water partition coefficient (Wildman–Crippen LogP) is 3.11. The molecule has 3 aromatic rings. The summed E-state index contributed by atoms with van der Waals surface area (Å²) >= 11 is 3.39. The molecule has 0 radical (unpaired) electrons. The molecule has 0 N–H and O–H groups in total. The van der Waals surface area contributed by atoms with Gasteiger partial charge < -0.3 is 0 Å². The molecule has 0 spiro atoms. The van der Waals surface area contributed by atoms with Crippen LogP contribution in [-0.4, -0.2) is 26.1 Å². The van der Waals surface area contributed by atoms with Crippen molar-refractivity contribution in [1.82, 2.24) is 14.5 Å². The first-order chi connectivity index (χ1) is 11.1. The first-order valence-electron chi connectivity index (χ1n) is 6.97. The number of hydrogen-bond donors (Lipinski definition) is 0. The lowest BCUT2D eigenvalue weighted by molar-refractivity contribution is 0.0969. The summed E-state index contributed by atoms with van der Waals surface area (Å²) in [5, 5.41) is 0. The summed E-state index contributed by atoms with van der Waals surface area (Å²) in [5.41, 5.74) is 1.74. The van der Waals surface area contributed by atoms with E-state index in [9.17, 15) is 9.59 Å². The molecule has 23 heavy (non-hydrogen) atoms. The molecule has 0 saturated heterocycles. The molecule has 2 heterocycles. The molecule has 1 aliphatic rings. The Kier molecular flexibility index (Phi) is 3.02. The molecule has 0 fully saturated rings. The minimum Gasteiger partial charge on any atom is -0.293 e. The smallest absolute Gasteiger partial charge is 0.231 e. The number of pyridine rings is 1. The van der Waals surface area contributed by atoms with Gasteiger partial charge in [-0.15, -0.1) is 0 Å². The van der Waals surface area contributed by atoms with Crippen LogP contribution in [0.5, 0.6) is 0 Å². The van der Waals surface area contributed by atoms with Gasteiger partial charge in [0.05, 0.1) is 5.56 Å². The number of rotatable bonds is 1. The molecular weight excluding hydrogens is 358 g/mol. The second-order valence-corrected chi connectivity index (χ2v) is 6.14. The Morgan fingerprint density at radius 3 is 2.48 bits per heavy atom. The van der Waals surface area contributed by atoms with Gasteiger partial charge in [0, 0.05) is 16.4 Å². The number of halogens is 1. The highest BCUT2D eigenvalue weighted by atomic mass is 79.9. The van der Waals surface area contributed by atoms with Gasteiger partial charge in [-0.05, 0) is 43.3 Å². The van der Waals surface area contributed by atoms with Crippen LogP contribution in [0.1, 0.15) is 38.1 Å². The summed E-state index contributed by atoms with van der Waals surface area (Å²) in [5.74, 6) is 0.0483. The van der Waals surface area contributed by atoms with E-state index in [1.165, 1.54) is 6.20 Å². The lowest BCUT2D eigenvalue weighted by atomic mass is 9.94. The number of fused-ring (bicyclic) bond motifs is 2. The molecule has 2 aromatic heterocycles. The average molecular weight is 368 g/mol. The Balaban J connectivity index is 2.00. The van der Waals surface area contributed by atoms with Crippen LogP contribution in [-0.2, 0) is 0 Å². The lowest BCUT2D eigenvalue weighted by Crippen LogP contribution is -2.24. The highest BCUT2D eigenvalue weighted by Gasteiger charge is 2.36. The normalized spacial score (nSPS) is 13.0. The van der Waals surface area contributed by atoms with Crippen molar-refractivity contribution in [2.45, 2.75) is 6.92 Å². The molecule has 0 aliphatic heterocycles. The summed E-state index contributed by atoms with van der Waals surface area (Å²) in [4.78, 5) is 33.9. The van der Waals surface area contributed by atoms with Gasteiger partial charge in [-0.25, -0.2) is 4.98 Å². The van der Waals surface area contributed by atoms with Crippen molar-refractivity contribution >= 4 is 27.5 Å². The van der Waals surface area contributed by atoms with E-state index in [4.69, 9.17) is 0 Å². The molecule has 1 aliphatic carbocycles. The minimum absolute atomic E-state index is 0.184. The lowest BCUT2D eigenvalue weighted by Gasteiger charge is -2.15. The summed E-state index contributed by atoms with van der Waals surface area (Å²) in [6.07, 6.45) is 1.52. The van der Waals surface area contributed by atoms with Crippen molar-refractivity contribution in [3.05, 3.63) is 75.5 Å². The zero-order chi connectivity index (χ0) is 16.1. The molecule has 0 atom stereocenters. The predicted molar refractivity (Wildman–Crippen MR) is 87.1 cm³/mol. The van der Waals surface area contributed by atoms with E-state index in [-0.39, 0.29) is 28.6 Å². The zero-order valence-corrected chi connectivity index (χ0v) is 13.7. The van der Waals surface area contributed by atoms with Crippen LogP contribution in [0, 0.1) is 6.92 Å². The molecule has 1 aromatic carbocycles. The standard InChI is InChI=1S/C17H10BrN3O2/c1-9-20-14-15(21(9)11-6-4-10(18)5-7-11)17(23)13-12(16(14)22)3-2-8-19-13/h2-8H,1H3. The Labute approximate surface area is 140 Å². The molecule has 0 saturated carbocycles. The Morgan fingerprint density at radius 2 is 1.74 bits per heavy atom. The maximum atomic E-state index is 12.8. The number of aryl methyl sites for hydroxylation is 1. The highest BCUT2D eigenvalue weighted by molar-refractivity contribution is 9.10. The molecule has 0 amide bonds. The van der Waals surface area contributed by atoms with Gasteiger partial charge in [0.1, 0.15) is 22.9 Å². The van der Waals surface area contributed by atoms with Crippen molar-refractivity contribution in [2.75, 3.05) is 0 Å². The van der Waals surface area contributed by atoms with Crippen LogP contribution in [0.25, 0.3) is 5.69 Å². The molecule has 0 unspecified atom stereocenters. The number of nitrogens with zero attached hydrogens (tertiary/aromatic N) is 3. The van der Waals surface area contributed by atoms with Crippen molar-refractivity contribution in [3.8, 4) is 5.69 Å². The first-order valence-corrected chi connectivity index (χ1v) is 7.77. The van der Waals surface area contributed by atoms with Gasteiger partial charge in [-0.3, -0.25) is 19.1 Å². The number of ketones is 2. The van der Waals surface area contributed by atoms with Gasteiger partial charge in [0.25, 0.3) is 0 Å². The molecule has 4 rings (SSSR count). The van der Waals surface area contributed by atoms with Crippen molar-refractivity contribution < 1.29 is 9.59 Å². The van der Waals surface area contributed by atoms with Crippen molar-refractivity contribution in [1.29, 1.82) is 0 Å². The highest BCUT2D eigenvalue weighted by Crippen LogP contribution is 2.29. The molecule has 5 nitrogen and oxygen atoms in total. The van der Waals surface area contributed by atoms with Crippen LogP contribution in [0.3, 0.4) is 0 Å². The maximum absolute atomic E-state index is 12.8. The van der Waals surface area contributed by atoms with Crippen LogP contribution in [0.4, 0.5) is 0 Å². The summed E-state index contributed by atoms with van der Waals surface area (Å²) in [6.45, 7) is 1.78. The van der Waals surface area contributed by atoms with Gasteiger partial charge >= 0.3 is 0 Å². The zero-order valence-electron chi connectivity index (χ0n) is 12.1. The monoisotopic (exact) mass is 367 g/mol. The first kappa shape index (κ1) is 14.0. The SMILES string of the molecule is Cc1nc2c(n1-c1ccc(Br)cc1)C(=O)c1ncccc1C2=O. The van der Waals surface area contributed by atoms with Crippen molar-refractivity contribution in [2.24, 2.45) is 0 Å². The van der Waals surface area contributed by atoms with Crippen LogP contribution in [0.2, 0.25) is 0 Å². The molecule has 0 bridgehead atoms. The van der Waals surface area contributed by atoms with Gasteiger partial charge in [-0.1, -0.05) is 15.9 Å². The maximum Gasteiger partial charge on any atom is 0.231 e. The van der Waals surface area contributed by atoms with E-state index in [0.29, 0.717) is 11.4 Å². The van der Waals surface area contributed by atoms with Crippen LogP contribution < -0.4 is 0 Å². The van der Waals surface area contributed by atoms with E-state index in [1.807, 2.05) is 24.3 Å². The average Bonchev–Trinajstić information content (AvgIpc) is 2.91. The minimum atomic E-state index is -0.279. The molecule has 6 heteroatoms. The summed E-state index contributed by atoms with van der Waals surface area (Å²) < 4.78 is 2.64. The third-order valence-electron chi connectivity index (χ3n) is 3.83. The van der Waals surface area contributed by atoms with E-state index in [1.54, 1.807) is 23.6 Å². The van der Waals surface area contributed by atoms with Crippen LogP contribution >= 0.6 is 15.9 Å². The fourth-order valence-corrected chi connectivity index (χ4v) is 3.08. The Bertz CT molecular complexity index is 974. The van der Waals surface area contributed by atoms with Gasteiger partial charge in [-0.2, -0.15) is 0 Å². The number of carbonyl (C=O) groups excluding carboxylic acids is 2. The van der Waals surface area contributed by atoms with E-state index in [0.717, 1.165) is 10.2 Å². The number of benzene rings is 1. The van der Waals surface area contributed by atoms with Crippen LogP contribution in [0.15, 0.2) is 47.1 Å². The van der Waals surface area contributed by atoms with E-state index in [2.05, 4.69) is 25.9 Å². The van der Waals surface area contributed by atoms with E-state index >= 15 is 0 Å². The van der Waals surface area contributed by atoms with Gasteiger partial charge in [0.2, 0.25) is 11.6 Å². The third-order valence-corrected chi connectivity index (χ3v) is 4.36. The summed E-state index contributed by atoms with van der Waals surface area (Å²) in [6, 6.07) is 10.7. The Hall–Kier alpha value is -2.60. The van der Waals surface area contributed by atoms with E-state index < -0.39 is 0 Å². The van der Waals surface area contributed by atoms with Crippen molar-refractivity contribution in [3.63, 3.8) is 0 Å². The Morgan fingerprint density at radius 1 is 1.00 bits per heavy atom. The fourth-order valence-electron chi connectivity index (χ4n) is 2.82. The quantitative estimate of drug-likeness (QED) is 0.518. The number of aromatic nitrogens is 3. The molecular formula is C17H10BrN3O2. The fraction of sp³-hybridized carbons (Fsp3) is 0.0588. The summed E-state index contributed by atoms with van der Waals surface area (Å²) in [7, 11) is 0. The number of hydrogen-bond acceptors (Lipinski definition) is 4.